The van der Waals surface area contributed by atoms with Crippen molar-refractivity contribution in [3.63, 3.8) is 0 Å². The molecule has 9 heterocycles. The van der Waals surface area contributed by atoms with E-state index in [1.165, 1.54) is 48.5 Å². The molecule has 3 aliphatic heterocycles. The molecule has 20 nitrogen and oxygen atoms in total. The second-order valence-electron chi connectivity index (χ2n) is 22.7. The molecule has 0 radical (unpaired) electrons. The molecule has 24 heteroatoms. The van der Waals surface area contributed by atoms with E-state index in [1.807, 2.05) is 55.9 Å². The summed E-state index contributed by atoms with van der Waals surface area (Å²) in [5.74, 6) is 0. The molecule has 8 bridgehead atoms. The quantitative estimate of drug-likeness (QED) is 0.0867. The minimum Gasteiger partial charge on any atom is -0.744 e. The Kier molecular flexibility index (Phi) is 21.6. The standard InChI is InChI=1S/C44H38N8.4C7H8O3S/c1-49-21-13-29(14-22-49)41-33-5-7-35(45-33)42(30-15-23-50(2)24-16-30)37-9-11-39(47-37)44(32-19-27-52(4)28-20-32)40-12-10-38(48-40)43(36-8-6-34(41)46-36)31-17-25-51(3)26-18-31;4*1-6-2-4-7(5-3-6)11(8,9)10/h5-28H,1-4H3,(H2,45,46,47,48);4*2-5H,1H3,(H,8,9,10)/q+2;;;;/p-2/b41-33-,41-34?,42-35-,42-37?,43-36-,43-38?,44-39?,44-40?;;;;. The third kappa shape index (κ3) is 18.1. The monoisotopic (exact) mass is 1360 g/mol. The maximum absolute atomic E-state index is 10.5. The van der Waals surface area contributed by atoms with Crippen LogP contribution in [0.25, 0.3) is 22.3 Å². The van der Waals surface area contributed by atoms with Crippen LogP contribution in [0.5, 0.6) is 0 Å². The topological polar surface area (TPSA) is 301 Å². The molecule has 3 aliphatic rings. The van der Waals surface area contributed by atoms with Crippen molar-refractivity contribution >= 4 is 68.5 Å². The second-order valence-corrected chi connectivity index (χ2v) is 28.2. The molecule has 0 fully saturated rings. The Morgan fingerprint density at radius 1 is 0.375 bits per heavy atom. The number of aliphatic imine (C=N–C) groups is 1. The number of rotatable bonds is 7. The van der Waals surface area contributed by atoms with E-state index in [9.17, 15) is 47.3 Å². The van der Waals surface area contributed by atoms with Gasteiger partial charge in [0.15, 0.2) is 37.2 Å². The fraction of sp³-hybridized carbons (Fsp3) is 0.111. The third-order valence-electron chi connectivity index (χ3n) is 15.1. The number of nitrogens with zero attached hydrogens (tertiary/aromatic N) is 5. The van der Waals surface area contributed by atoms with E-state index in [2.05, 4.69) is 180 Å². The Bertz CT molecular complexity index is 5000. The first-order valence-corrected chi connectivity index (χ1v) is 35.2. The predicted octanol–water partition coefficient (Wildman–Crippen LogP) is 8.09. The number of aromatic amines is 3. The van der Waals surface area contributed by atoms with Crippen molar-refractivity contribution in [1.29, 1.82) is 0 Å². The van der Waals surface area contributed by atoms with Crippen molar-refractivity contribution in [3.05, 3.63) is 327 Å². The zero-order chi connectivity index (χ0) is 69.3. The minimum atomic E-state index is -4.27. The molecule has 0 saturated heterocycles. The number of aryl methyl sites for hydroxylation is 7. The molecule has 96 heavy (non-hydrogen) atoms. The average Bonchev–Trinajstić information content (AvgIpc) is 1.61. The normalized spacial score (nSPS) is 15.4. The molecular weight excluding hydrogens is 1300 g/mol. The first-order chi connectivity index (χ1) is 45.4. The number of aromatic nitrogens is 6. The smallest absolute Gasteiger partial charge is 0.294 e. The van der Waals surface area contributed by atoms with Crippen LogP contribution in [0.4, 0.5) is 0 Å². The summed E-state index contributed by atoms with van der Waals surface area (Å²) in [4.78, 5) is 18.4. The highest BCUT2D eigenvalue weighted by Crippen LogP contribution is 2.36. The molecule has 0 saturated carbocycles. The van der Waals surface area contributed by atoms with Gasteiger partial charge in [0.05, 0.1) is 31.0 Å². The summed E-state index contributed by atoms with van der Waals surface area (Å²) in [5.41, 5.74) is 18.2. The molecule has 10 aromatic rings. The molecule has 4 N–H and O–H groups in total. The molecule has 0 amide bonds. The number of H-pyrrole nitrogens is 3. The highest BCUT2D eigenvalue weighted by Gasteiger charge is 2.24. The number of pyridine rings is 3. The Hall–Kier alpha value is -10.3. The van der Waals surface area contributed by atoms with Crippen LogP contribution >= 0.6 is 0 Å². The summed E-state index contributed by atoms with van der Waals surface area (Å²) in [6.07, 6.45) is 25.3. The highest BCUT2D eigenvalue weighted by atomic mass is 32.2. The zero-order valence-electron chi connectivity index (χ0n) is 53.4. The fourth-order valence-corrected chi connectivity index (χ4v) is 11.9. The van der Waals surface area contributed by atoms with E-state index in [4.69, 9.17) is 9.55 Å². The molecule has 4 aromatic carbocycles. The van der Waals surface area contributed by atoms with Gasteiger partial charge in [0.2, 0.25) is 0 Å². The number of fused-ring (bicyclic) bond motifs is 7. The molecule has 0 atom stereocenters. The van der Waals surface area contributed by atoms with Crippen molar-refractivity contribution in [2.45, 2.75) is 47.3 Å². The SMILES string of the molecule is CN1C=CC(=C2c3ccc([nH]3)/C(c3cc[n+](C)cc3)=C3/C=CC(=N3)/C(c3cc[n+](C)cc3)=c3/cc/c([nH]3)=C(\c3cc[n+](C)cc3)c3ccc2[nH]3)C=C1.Cc1ccc(S(=O)(=O)O)cc1.Cc1ccc(S(=O)(=O)[O-])cc1.Cc1ccc(S(=O)(=O)[O-])cc1.Cc1ccc(S(=O)(=O)[O-])cc1. The lowest BCUT2D eigenvalue weighted by Crippen LogP contribution is -2.27. The van der Waals surface area contributed by atoms with Gasteiger partial charge >= 0.3 is 0 Å². The molecule has 0 aliphatic carbocycles. The lowest BCUT2D eigenvalue weighted by atomic mass is 10.0. The summed E-state index contributed by atoms with van der Waals surface area (Å²) in [6, 6.07) is 49.4. The summed E-state index contributed by atoms with van der Waals surface area (Å²) in [5, 5.41) is 2.00. The van der Waals surface area contributed by atoms with Crippen LogP contribution in [0.2, 0.25) is 0 Å². The van der Waals surface area contributed by atoms with Crippen molar-refractivity contribution in [2.75, 3.05) is 7.05 Å². The summed E-state index contributed by atoms with van der Waals surface area (Å²) >= 11 is 0. The van der Waals surface area contributed by atoms with Crippen molar-refractivity contribution in [3.8, 4) is 0 Å². The molecule has 6 aromatic heterocycles. The Labute approximate surface area is 558 Å². The third-order valence-corrected chi connectivity index (χ3v) is 18.6. The fourth-order valence-electron chi connectivity index (χ4n) is 9.99. The van der Waals surface area contributed by atoms with Gasteiger partial charge in [-0.1, -0.05) is 70.8 Å². The predicted molar refractivity (Wildman–Crippen MR) is 362 cm³/mol. The number of hydrogen-bond acceptors (Lipinski definition) is 13. The van der Waals surface area contributed by atoms with Gasteiger partial charge in [-0.15, -0.1) is 0 Å². The van der Waals surface area contributed by atoms with Crippen molar-refractivity contribution < 1.29 is 65.6 Å². The van der Waals surface area contributed by atoms with E-state index in [0.717, 1.165) is 112 Å². The molecular formula is C72H68N8O12S4. The van der Waals surface area contributed by atoms with E-state index >= 15 is 0 Å². The first kappa shape index (κ1) is 70.0. The van der Waals surface area contributed by atoms with E-state index in [1.54, 1.807) is 48.5 Å². The summed E-state index contributed by atoms with van der Waals surface area (Å²) < 4.78 is 129. The Morgan fingerprint density at radius 3 is 1.04 bits per heavy atom. The molecule has 13 rings (SSSR count). The number of allylic oxidation sites excluding steroid dienone is 5. The maximum Gasteiger partial charge on any atom is 0.294 e. The van der Waals surface area contributed by atoms with Gasteiger partial charge in [0, 0.05) is 112 Å². The van der Waals surface area contributed by atoms with Crippen LogP contribution in [0, 0.1) is 27.7 Å². The number of benzene rings is 4. The van der Waals surface area contributed by atoms with Gasteiger partial charge in [-0.05, 0) is 159 Å². The zero-order valence-corrected chi connectivity index (χ0v) is 56.7. The second kappa shape index (κ2) is 29.6. The Morgan fingerprint density at radius 2 is 0.688 bits per heavy atom. The van der Waals surface area contributed by atoms with Crippen LogP contribution < -0.4 is 24.4 Å². The van der Waals surface area contributed by atoms with Gasteiger partial charge in [-0.3, -0.25) is 4.55 Å². The van der Waals surface area contributed by atoms with Gasteiger partial charge in [-0.2, -0.15) is 8.42 Å². The van der Waals surface area contributed by atoms with Crippen LogP contribution in [0.3, 0.4) is 0 Å². The van der Waals surface area contributed by atoms with Gasteiger partial charge in [0.1, 0.15) is 51.5 Å². The number of nitrogens with one attached hydrogen (secondary N) is 3. The van der Waals surface area contributed by atoms with Crippen LogP contribution in [-0.4, -0.2) is 84.5 Å². The van der Waals surface area contributed by atoms with Crippen molar-refractivity contribution in [1.82, 2.24) is 19.9 Å². The minimum absolute atomic E-state index is 0.0666. The lowest BCUT2D eigenvalue weighted by molar-refractivity contribution is -0.671. The van der Waals surface area contributed by atoms with Crippen LogP contribution in [0.15, 0.2) is 280 Å². The van der Waals surface area contributed by atoms with Crippen LogP contribution in [-0.2, 0) is 61.6 Å². The van der Waals surface area contributed by atoms with Gasteiger partial charge in [0.25, 0.3) is 10.1 Å². The molecule has 0 unspecified atom stereocenters. The summed E-state index contributed by atoms with van der Waals surface area (Å²) in [6.45, 7) is 7.30. The molecule has 492 valence electrons. The van der Waals surface area contributed by atoms with E-state index < -0.39 is 40.5 Å². The van der Waals surface area contributed by atoms with Gasteiger partial charge in [-0.25, -0.2) is 43.9 Å². The lowest BCUT2D eigenvalue weighted by Gasteiger charge is -2.16. The molecule has 0 spiro atoms. The first-order valence-electron chi connectivity index (χ1n) is 29.5. The average molecular weight is 1370 g/mol. The van der Waals surface area contributed by atoms with Gasteiger partial charge < -0.3 is 33.5 Å². The Balaban J connectivity index is 0.000000196. The summed E-state index contributed by atoms with van der Waals surface area (Å²) in [7, 11) is -8.66. The maximum atomic E-state index is 10.5. The van der Waals surface area contributed by atoms with Crippen LogP contribution in [0.1, 0.15) is 61.7 Å². The largest absolute Gasteiger partial charge is 0.744 e. The van der Waals surface area contributed by atoms with E-state index in [0.29, 0.717) is 0 Å². The van der Waals surface area contributed by atoms with E-state index in [-0.39, 0.29) is 19.6 Å². The highest BCUT2D eigenvalue weighted by molar-refractivity contribution is 7.86. The number of hydrogen-bond donors (Lipinski definition) is 4. The van der Waals surface area contributed by atoms with Crippen molar-refractivity contribution in [2.24, 2.45) is 26.1 Å².